The van der Waals surface area contributed by atoms with Crippen molar-refractivity contribution in [3.63, 3.8) is 0 Å². The van der Waals surface area contributed by atoms with Crippen molar-refractivity contribution in [2.75, 3.05) is 21.3 Å². The smallest absolute Gasteiger partial charge is 0.304 e. The van der Waals surface area contributed by atoms with Crippen molar-refractivity contribution in [3.05, 3.63) is 0 Å². The van der Waals surface area contributed by atoms with Gasteiger partial charge in [-0.05, 0) is 21.3 Å². The Morgan fingerprint density at radius 2 is 1.14 bits per heavy atom. The van der Waals surface area contributed by atoms with E-state index in [1.165, 1.54) is 21.3 Å². The molecule has 0 heterocycles. The Morgan fingerprint density at radius 1 is 0.857 bits per heavy atom. The maximum absolute atomic E-state index is 4.60. The molecule has 0 amide bonds. The lowest BCUT2D eigenvalue weighted by Gasteiger charge is -2.21. The van der Waals surface area contributed by atoms with E-state index in [4.69, 9.17) is 0 Å². The van der Waals surface area contributed by atoms with E-state index in [-0.39, 0.29) is 0 Å². The van der Waals surface area contributed by atoms with Gasteiger partial charge in [-0.2, -0.15) is 0 Å². The Labute approximate surface area is 43.7 Å². The molecular weight excluding hydrogens is 94.8 g/mol. The maximum Gasteiger partial charge on any atom is 0.304 e. The van der Waals surface area contributed by atoms with Gasteiger partial charge >= 0.3 is 7.32 Å². The summed E-state index contributed by atoms with van der Waals surface area (Å²) in [4.78, 5) is 0. The molecule has 0 aliphatic carbocycles. The van der Waals surface area contributed by atoms with Crippen LogP contribution < -0.4 is 0 Å². The van der Waals surface area contributed by atoms with E-state index < -0.39 is 7.32 Å². The maximum atomic E-state index is 4.60. The van der Waals surface area contributed by atoms with E-state index in [0.717, 1.165) is 0 Å². The predicted octanol–water partition coefficient (Wildman–Crippen LogP) is -0.0895. The Kier molecular flexibility index (Phi) is 4.08. The molecule has 7 heavy (non-hydrogen) atoms. The Balaban J connectivity index is 2.99. The van der Waals surface area contributed by atoms with Crippen LogP contribution in [-0.2, 0) is 14.0 Å². The lowest BCUT2D eigenvalue weighted by atomic mass is 10.2. The quantitative estimate of drug-likeness (QED) is 0.468. The van der Waals surface area contributed by atoms with Gasteiger partial charge in [-0.1, -0.05) is 0 Å². The van der Waals surface area contributed by atoms with Gasteiger partial charge in [-0.15, -0.1) is 0 Å². The molecule has 0 bridgehead atoms. The summed E-state index contributed by atoms with van der Waals surface area (Å²) in [6, 6.07) is 0. The summed E-state index contributed by atoms with van der Waals surface area (Å²) in [6.07, 6.45) is 0. The zero-order valence-electron chi connectivity index (χ0n) is 4.80. The van der Waals surface area contributed by atoms with Gasteiger partial charge in [0.2, 0.25) is 0 Å². The minimum absolute atomic E-state index is 0.514. The van der Waals surface area contributed by atoms with E-state index in [1.54, 1.807) is 0 Å². The van der Waals surface area contributed by atoms with Crippen molar-refractivity contribution >= 4 is 7.32 Å². The summed E-state index contributed by atoms with van der Waals surface area (Å²) in [6.45, 7) is 0. The van der Waals surface area contributed by atoms with E-state index in [2.05, 4.69) is 14.0 Å². The Hall–Kier alpha value is -0.0551. The van der Waals surface area contributed by atoms with Crippen LogP contribution in [0.25, 0.3) is 0 Å². The molecule has 0 saturated heterocycles. The van der Waals surface area contributed by atoms with Crippen molar-refractivity contribution in [1.29, 1.82) is 0 Å². The molecule has 0 aliphatic rings. The highest BCUT2D eigenvalue weighted by atomic mass is 16.7. The molecule has 0 aromatic carbocycles. The van der Waals surface area contributed by atoms with Gasteiger partial charge in [0.25, 0.3) is 0 Å². The zero-order chi connectivity index (χ0) is 5.70. The van der Waals surface area contributed by atoms with Crippen LogP contribution in [0.15, 0.2) is 0 Å². The fourth-order valence-corrected chi connectivity index (χ4v) is 0.289. The molecule has 0 aromatic heterocycles. The van der Waals surface area contributed by atoms with Crippen LogP contribution in [0.3, 0.4) is 0 Å². The number of hydrogen-bond donors (Lipinski definition) is 0. The van der Waals surface area contributed by atoms with E-state index >= 15 is 0 Å². The first-order valence-electron chi connectivity index (χ1n) is 1.93. The molecule has 43 valence electrons. The van der Waals surface area contributed by atoms with Crippen LogP contribution in [0, 0.1) is 0 Å². The molecule has 1 radical (unpaired) electrons. The third-order valence-electron chi connectivity index (χ3n) is 0.577. The largest absolute Gasteiger partial charge is 0.569 e. The van der Waals surface area contributed by atoms with Gasteiger partial charge in [0.15, 0.2) is 0 Å². The first-order valence-corrected chi connectivity index (χ1v) is 1.93. The van der Waals surface area contributed by atoms with E-state index in [9.17, 15) is 0 Å². The average Bonchev–Trinajstić information content (AvgIpc) is 1.72. The second kappa shape index (κ2) is 4.11. The fraction of sp³-hybridized carbons (Fsp3) is 1.00. The van der Waals surface area contributed by atoms with Gasteiger partial charge < -0.3 is 14.0 Å². The van der Waals surface area contributed by atoms with Crippen LogP contribution in [0.4, 0.5) is 0 Å². The minimum Gasteiger partial charge on any atom is -0.569 e. The molecule has 0 aromatic rings. The summed E-state index contributed by atoms with van der Waals surface area (Å²) >= 11 is 0. The zero-order valence-corrected chi connectivity index (χ0v) is 4.80. The molecule has 0 unspecified atom stereocenters. The molecule has 0 atom stereocenters. The average molecular weight is 104 g/mol. The van der Waals surface area contributed by atoms with Gasteiger partial charge in [-0.25, -0.2) is 0 Å². The third-order valence-corrected chi connectivity index (χ3v) is 0.577. The highest BCUT2D eigenvalue weighted by Crippen LogP contribution is 1.81. The molecule has 0 saturated carbocycles. The standard InChI is InChI=1S/C3H9BO3/c1-5-4(6-2)7-3/h1-3H3/q-1. The fourth-order valence-electron chi connectivity index (χ4n) is 0.289. The van der Waals surface area contributed by atoms with Crippen molar-refractivity contribution in [1.82, 2.24) is 0 Å². The first-order chi connectivity index (χ1) is 3.35. The summed E-state index contributed by atoms with van der Waals surface area (Å²) in [5.41, 5.74) is 0. The van der Waals surface area contributed by atoms with Gasteiger partial charge in [0.05, 0.1) is 0 Å². The molecule has 0 N–H and O–H groups in total. The van der Waals surface area contributed by atoms with Crippen LogP contribution in [-0.4, -0.2) is 28.7 Å². The first kappa shape index (κ1) is 6.94. The number of rotatable bonds is 3. The second-order valence-corrected chi connectivity index (χ2v) is 0.996. The lowest BCUT2D eigenvalue weighted by molar-refractivity contribution is 0.163. The van der Waals surface area contributed by atoms with Crippen LogP contribution in [0.2, 0.25) is 0 Å². The van der Waals surface area contributed by atoms with Crippen LogP contribution in [0.1, 0.15) is 0 Å². The Bertz CT molecular complexity index is 31.7. The molecular formula is C3H9BO3-. The van der Waals surface area contributed by atoms with Crippen molar-refractivity contribution in [2.45, 2.75) is 0 Å². The van der Waals surface area contributed by atoms with Gasteiger partial charge in [-0.3, -0.25) is 0 Å². The van der Waals surface area contributed by atoms with Gasteiger partial charge in [0, 0.05) is 0 Å². The second-order valence-electron chi connectivity index (χ2n) is 0.996. The predicted molar refractivity (Wildman–Crippen MR) is 26.8 cm³/mol. The van der Waals surface area contributed by atoms with E-state index in [0.29, 0.717) is 0 Å². The normalized spacial score (nSPS) is 10.3. The molecule has 0 fully saturated rings. The topological polar surface area (TPSA) is 27.7 Å². The SMILES string of the molecule is CO[B-](OC)OC. The summed E-state index contributed by atoms with van der Waals surface area (Å²) in [5, 5.41) is 0. The minimum atomic E-state index is -0.514. The highest BCUT2D eigenvalue weighted by Gasteiger charge is 1.88. The van der Waals surface area contributed by atoms with Crippen molar-refractivity contribution in [2.24, 2.45) is 0 Å². The number of hydrogen-bond acceptors (Lipinski definition) is 3. The lowest BCUT2D eigenvalue weighted by Crippen LogP contribution is -2.21. The molecule has 0 aliphatic heterocycles. The van der Waals surface area contributed by atoms with E-state index in [1.807, 2.05) is 0 Å². The summed E-state index contributed by atoms with van der Waals surface area (Å²) < 4.78 is 13.8. The third kappa shape index (κ3) is 2.62. The molecule has 4 heteroatoms. The molecule has 0 spiro atoms. The van der Waals surface area contributed by atoms with Crippen molar-refractivity contribution < 1.29 is 14.0 Å². The van der Waals surface area contributed by atoms with Crippen molar-refractivity contribution in [3.8, 4) is 0 Å². The molecule has 3 nitrogen and oxygen atoms in total. The monoisotopic (exact) mass is 104 g/mol. The summed E-state index contributed by atoms with van der Waals surface area (Å²) in [5.74, 6) is 0. The molecule has 0 rings (SSSR count). The highest BCUT2D eigenvalue weighted by molar-refractivity contribution is 6.36. The van der Waals surface area contributed by atoms with Crippen LogP contribution in [0.5, 0.6) is 0 Å². The van der Waals surface area contributed by atoms with Gasteiger partial charge in [0.1, 0.15) is 0 Å². The summed E-state index contributed by atoms with van der Waals surface area (Å²) in [7, 11) is 4.02. The van der Waals surface area contributed by atoms with Crippen LogP contribution >= 0.6 is 0 Å². The Morgan fingerprint density at radius 3 is 1.14 bits per heavy atom.